The molecule has 0 aliphatic rings. The van der Waals surface area contributed by atoms with Gasteiger partial charge in [-0.15, -0.1) is 0 Å². The van der Waals surface area contributed by atoms with Crippen LogP contribution in [0.2, 0.25) is 0 Å². The lowest BCUT2D eigenvalue weighted by atomic mass is 10.0. The minimum Gasteiger partial charge on any atom is -0.497 e. The average Bonchev–Trinajstić information content (AvgIpc) is 3.10. The second-order valence-electron chi connectivity index (χ2n) is 5.75. The summed E-state index contributed by atoms with van der Waals surface area (Å²) in [4.78, 5) is 4.56. The highest BCUT2D eigenvalue weighted by atomic mass is 16.5. The molecule has 0 spiro atoms. The summed E-state index contributed by atoms with van der Waals surface area (Å²) in [6.07, 6.45) is 3.87. The fourth-order valence-corrected chi connectivity index (χ4v) is 3.41. The van der Waals surface area contributed by atoms with Crippen molar-refractivity contribution < 1.29 is 4.74 Å². The van der Waals surface area contributed by atoms with Crippen molar-refractivity contribution in [2.24, 2.45) is 0 Å². The van der Waals surface area contributed by atoms with Crippen molar-refractivity contribution in [1.29, 1.82) is 0 Å². The van der Waals surface area contributed by atoms with Gasteiger partial charge in [-0.25, -0.2) is 4.98 Å². The van der Waals surface area contributed by atoms with E-state index in [2.05, 4.69) is 57.9 Å². The van der Waals surface area contributed by atoms with Crippen LogP contribution in [-0.4, -0.2) is 16.5 Å². The number of benzene rings is 3. The summed E-state index contributed by atoms with van der Waals surface area (Å²) in [6, 6.07) is 19.2. The normalized spacial score (nSPS) is 11.7. The van der Waals surface area contributed by atoms with E-state index in [-0.39, 0.29) is 0 Å². The first-order chi connectivity index (χ1) is 11.3. The predicted octanol–water partition coefficient (Wildman–Crippen LogP) is 4.80. The van der Waals surface area contributed by atoms with Crippen molar-refractivity contribution in [3.05, 3.63) is 67.0 Å². The van der Waals surface area contributed by atoms with E-state index in [1.165, 1.54) is 27.1 Å². The quantitative estimate of drug-likeness (QED) is 0.328. The molecular formula is C20H14N2O. The molecule has 5 aromatic rings. The van der Waals surface area contributed by atoms with Crippen LogP contribution >= 0.6 is 0 Å². The number of fused-ring (bicyclic) bond motifs is 7. The number of hydrogen-bond acceptors (Lipinski definition) is 2. The molecule has 0 fully saturated rings. The highest BCUT2D eigenvalue weighted by Crippen LogP contribution is 2.33. The number of rotatable bonds is 1. The Balaban J connectivity index is 2.09. The molecule has 3 heteroatoms. The van der Waals surface area contributed by atoms with Crippen molar-refractivity contribution in [2.75, 3.05) is 7.11 Å². The number of imidazole rings is 1. The Labute approximate surface area is 132 Å². The highest BCUT2D eigenvalue weighted by Gasteiger charge is 2.11. The van der Waals surface area contributed by atoms with Crippen LogP contribution in [0.4, 0.5) is 0 Å². The summed E-state index contributed by atoms with van der Waals surface area (Å²) in [5.41, 5.74) is 2.13. The molecule has 0 saturated heterocycles. The Morgan fingerprint density at radius 2 is 1.70 bits per heavy atom. The summed E-state index contributed by atoms with van der Waals surface area (Å²) in [6.45, 7) is 0. The van der Waals surface area contributed by atoms with Crippen molar-refractivity contribution in [3.8, 4) is 5.75 Å². The molecule has 0 atom stereocenters. The molecule has 0 bridgehead atoms. The maximum Gasteiger partial charge on any atom is 0.145 e. The predicted molar refractivity (Wildman–Crippen MR) is 94.3 cm³/mol. The van der Waals surface area contributed by atoms with E-state index in [0.717, 1.165) is 16.8 Å². The number of methoxy groups -OCH3 is 1. The Hall–Kier alpha value is -3.07. The number of aromatic nitrogens is 2. The van der Waals surface area contributed by atoms with Gasteiger partial charge in [0.15, 0.2) is 0 Å². The molecule has 23 heavy (non-hydrogen) atoms. The summed E-state index contributed by atoms with van der Waals surface area (Å²) < 4.78 is 7.55. The third-order valence-electron chi connectivity index (χ3n) is 4.52. The van der Waals surface area contributed by atoms with E-state index in [0.29, 0.717) is 0 Å². The number of hydrogen-bond donors (Lipinski definition) is 0. The van der Waals surface area contributed by atoms with Gasteiger partial charge in [0, 0.05) is 23.2 Å². The van der Waals surface area contributed by atoms with Gasteiger partial charge in [0.25, 0.3) is 0 Å². The smallest absolute Gasteiger partial charge is 0.145 e. The standard InChI is InChI=1S/C20H14N2O/c1-23-15-6-7-16-17-10-13-4-2-3-5-14(13)11-19(17)22-9-8-21-20(22)18(16)12-15/h2-12H,1H3. The van der Waals surface area contributed by atoms with Gasteiger partial charge in [0.05, 0.1) is 12.6 Å². The Morgan fingerprint density at radius 3 is 2.52 bits per heavy atom. The zero-order valence-electron chi connectivity index (χ0n) is 12.7. The molecular weight excluding hydrogens is 284 g/mol. The zero-order chi connectivity index (χ0) is 15.4. The lowest BCUT2D eigenvalue weighted by Gasteiger charge is -2.11. The van der Waals surface area contributed by atoms with Crippen LogP contribution in [0, 0.1) is 0 Å². The van der Waals surface area contributed by atoms with Gasteiger partial charge in [-0.2, -0.15) is 0 Å². The lowest BCUT2D eigenvalue weighted by Crippen LogP contribution is -1.92. The SMILES string of the molecule is COc1ccc2c3cc4ccccc4cc3n3ccnc3c2c1. The second kappa shape index (κ2) is 4.46. The van der Waals surface area contributed by atoms with E-state index in [9.17, 15) is 0 Å². The Kier molecular flexibility index (Phi) is 2.42. The average molecular weight is 298 g/mol. The van der Waals surface area contributed by atoms with Gasteiger partial charge in [-0.05, 0) is 46.5 Å². The van der Waals surface area contributed by atoms with Crippen molar-refractivity contribution in [1.82, 2.24) is 9.38 Å². The van der Waals surface area contributed by atoms with Crippen LogP contribution in [0.3, 0.4) is 0 Å². The van der Waals surface area contributed by atoms with Crippen LogP contribution in [-0.2, 0) is 0 Å². The summed E-state index contributed by atoms with van der Waals surface area (Å²) in [5, 5.41) is 6.02. The molecule has 0 amide bonds. The molecule has 110 valence electrons. The third-order valence-corrected chi connectivity index (χ3v) is 4.52. The van der Waals surface area contributed by atoms with Crippen LogP contribution < -0.4 is 4.74 Å². The minimum absolute atomic E-state index is 0.850. The summed E-state index contributed by atoms with van der Waals surface area (Å²) in [5.74, 6) is 0.850. The molecule has 2 heterocycles. The van der Waals surface area contributed by atoms with Gasteiger partial charge < -0.3 is 4.74 Å². The molecule has 0 radical (unpaired) electrons. The largest absolute Gasteiger partial charge is 0.497 e. The molecule has 0 saturated carbocycles. The molecule has 0 unspecified atom stereocenters. The zero-order valence-corrected chi connectivity index (χ0v) is 12.7. The molecule has 2 aromatic heterocycles. The monoisotopic (exact) mass is 298 g/mol. The number of pyridine rings is 1. The maximum absolute atomic E-state index is 5.39. The van der Waals surface area contributed by atoms with Crippen molar-refractivity contribution >= 4 is 38.1 Å². The molecule has 3 nitrogen and oxygen atoms in total. The Bertz CT molecular complexity index is 1200. The topological polar surface area (TPSA) is 26.5 Å². The van der Waals surface area contributed by atoms with Gasteiger partial charge in [0.2, 0.25) is 0 Å². The molecule has 0 aliphatic carbocycles. The first-order valence-electron chi connectivity index (χ1n) is 7.60. The first-order valence-corrected chi connectivity index (χ1v) is 7.60. The number of nitrogens with zero attached hydrogens (tertiary/aromatic N) is 2. The van der Waals surface area contributed by atoms with Crippen LogP contribution in [0.15, 0.2) is 67.0 Å². The van der Waals surface area contributed by atoms with E-state index >= 15 is 0 Å². The summed E-state index contributed by atoms with van der Waals surface area (Å²) >= 11 is 0. The minimum atomic E-state index is 0.850. The van der Waals surface area contributed by atoms with Gasteiger partial charge >= 0.3 is 0 Å². The van der Waals surface area contributed by atoms with Crippen molar-refractivity contribution in [3.63, 3.8) is 0 Å². The summed E-state index contributed by atoms with van der Waals surface area (Å²) in [7, 11) is 1.69. The number of ether oxygens (including phenoxy) is 1. The highest BCUT2D eigenvalue weighted by molar-refractivity contribution is 6.15. The molecule has 0 N–H and O–H groups in total. The van der Waals surface area contributed by atoms with Crippen molar-refractivity contribution in [2.45, 2.75) is 0 Å². The fraction of sp³-hybridized carbons (Fsp3) is 0.0500. The van der Waals surface area contributed by atoms with Gasteiger partial charge in [-0.3, -0.25) is 4.40 Å². The van der Waals surface area contributed by atoms with Gasteiger partial charge in [0.1, 0.15) is 11.4 Å². The lowest BCUT2D eigenvalue weighted by molar-refractivity contribution is 0.415. The molecule has 3 aromatic carbocycles. The first kappa shape index (κ1) is 12.5. The molecule has 0 aliphatic heterocycles. The van der Waals surface area contributed by atoms with E-state index in [4.69, 9.17) is 4.74 Å². The maximum atomic E-state index is 5.39. The van der Waals surface area contributed by atoms with E-state index in [1.807, 2.05) is 18.5 Å². The van der Waals surface area contributed by atoms with Crippen LogP contribution in [0.25, 0.3) is 38.1 Å². The van der Waals surface area contributed by atoms with E-state index in [1.54, 1.807) is 7.11 Å². The molecule has 5 rings (SSSR count). The van der Waals surface area contributed by atoms with E-state index < -0.39 is 0 Å². The second-order valence-corrected chi connectivity index (χ2v) is 5.75. The van der Waals surface area contributed by atoms with Gasteiger partial charge in [-0.1, -0.05) is 24.3 Å². The third kappa shape index (κ3) is 1.67. The van der Waals surface area contributed by atoms with Crippen LogP contribution in [0.1, 0.15) is 0 Å². The Morgan fingerprint density at radius 1 is 0.870 bits per heavy atom. The van der Waals surface area contributed by atoms with Crippen LogP contribution in [0.5, 0.6) is 5.75 Å². The fourth-order valence-electron chi connectivity index (χ4n) is 3.41.